The molecule has 0 fully saturated rings. The zero-order valence-corrected chi connectivity index (χ0v) is 9.73. The fraction of sp³-hybridized carbons (Fsp3) is 0.143. The second kappa shape index (κ2) is 5.04. The Balaban J connectivity index is 2.56. The van der Waals surface area contributed by atoms with E-state index >= 15 is 0 Å². The maximum absolute atomic E-state index is 13.0. The third-order valence-electron chi connectivity index (χ3n) is 2.65. The number of aromatic hydroxyl groups is 1. The molecule has 0 saturated heterocycles. The highest BCUT2D eigenvalue weighted by molar-refractivity contribution is 5.70. The van der Waals surface area contributed by atoms with Gasteiger partial charge in [0.15, 0.2) is 0 Å². The maximum Gasteiger partial charge on any atom is 0.264 e. The van der Waals surface area contributed by atoms with Crippen LogP contribution in [-0.2, 0) is 0 Å². The summed E-state index contributed by atoms with van der Waals surface area (Å²) in [5.74, 6) is 0.428. The molecule has 0 spiro atoms. The number of hydrogen-bond acceptors (Lipinski definition) is 2. The maximum atomic E-state index is 13.0. The topological polar surface area (TPSA) is 29.5 Å². The van der Waals surface area contributed by atoms with Crippen molar-refractivity contribution in [1.29, 1.82) is 0 Å². The molecule has 94 valence electrons. The van der Waals surface area contributed by atoms with Crippen LogP contribution >= 0.6 is 0 Å². The highest BCUT2D eigenvalue weighted by atomic mass is 19.3. The summed E-state index contributed by atoms with van der Waals surface area (Å²) < 4.78 is 31.0. The molecule has 0 aromatic heterocycles. The average molecular weight is 250 g/mol. The number of halogens is 2. The quantitative estimate of drug-likeness (QED) is 0.892. The minimum atomic E-state index is -2.60. The second-order valence-corrected chi connectivity index (χ2v) is 3.80. The Morgan fingerprint density at radius 1 is 1.11 bits per heavy atom. The summed E-state index contributed by atoms with van der Waals surface area (Å²) in [5, 5.41) is 9.39. The number of phenolic OH excluding ortho intramolecular Hbond substituents is 1. The average Bonchev–Trinajstić information content (AvgIpc) is 2.38. The molecule has 0 saturated carbocycles. The first-order valence-corrected chi connectivity index (χ1v) is 5.37. The van der Waals surface area contributed by atoms with Crippen molar-refractivity contribution in [2.24, 2.45) is 0 Å². The van der Waals surface area contributed by atoms with Crippen LogP contribution in [0.2, 0.25) is 0 Å². The Labute approximate surface area is 103 Å². The van der Waals surface area contributed by atoms with Gasteiger partial charge in [-0.1, -0.05) is 18.2 Å². The van der Waals surface area contributed by atoms with Gasteiger partial charge in [0.2, 0.25) is 0 Å². The zero-order valence-electron chi connectivity index (χ0n) is 9.73. The molecule has 2 aromatic carbocycles. The van der Waals surface area contributed by atoms with E-state index in [0.717, 1.165) is 0 Å². The fourth-order valence-corrected chi connectivity index (χ4v) is 1.78. The van der Waals surface area contributed by atoms with Gasteiger partial charge in [-0.3, -0.25) is 0 Å². The van der Waals surface area contributed by atoms with Gasteiger partial charge in [0.05, 0.1) is 7.11 Å². The number of ether oxygens (including phenoxy) is 1. The number of rotatable bonds is 3. The Kier molecular flexibility index (Phi) is 3.46. The van der Waals surface area contributed by atoms with Crippen molar-refractivity contribution in [2.75, 3.05) is 7.11 Å². The number of alkyl halides is 2. The van der Waals surface area contributed by atoms with Crippen molar-refractivity contribution < 1.29 is 18.6 Å². The molecule has 0 bridgehead atoms. The van der Waals surface area contributed by atoms with E-state index in [2.05, 4.69) is 0 Å². The molecular weight excluding hydrogens is 238 g/mol. The summed E-state index contributed by atoms with van der Waals surface area (Å²) in [4.78, 5) is 0. The van der Waals surface area contributed by atoms with Gasteiger partial charge >= 0.3 is 0 Å². The van der Waals surface area contributed by atoms with Crippen LogP contribution in [-0.4, -0.2) is 12.2 Å². The minimum absolute atomic E-state index is 0.0449. The van der Waals surface area contributed by atoms with E-state index in [-0.39, 0.29) is 11.3 Å². The summed E-state index contributed by atoms with van der Waals surface area (Å²) in [6.07, 6.45) is -2.60. The van der Waals surface area contributed by atoms with Gasteiger partial charge in [0.25, 0.3) is 6.43 Å². The van der Waals surface area contributed by atoms with Crippen molar-refractivity contribution >= 4 is 0 Å². The molecule has 2 rings (SSSR count). The summed E-state index contributed by atoms with van der Waals surface area (Å²) in [6, 6.07) is 10.7. The van der Waals surface area contributed by atoms with Crippen LogP contribution in [0.15, 0.2) is 42.5 Å². The number of hydrogen-bond donors (Lipinski definition) is 1. The van der Waals surface area contributed by atoms with Crippen LogP contribution in [0.3, 0.4) is 0 Å². The number of phenols is 1. The van der Waals surface area contributed by atoms with Crippen molar-refractivity contribution in [2.45, 2.75) is 6.43 Å². The molecule has 0 aliphatic carbocycles. The SMILES string of the molecule is COc1ccc(-c2cccc(O)c2)c(C(F)F)c1. The standard InChI is InChI=1S/C14H12F2O2/c1-18-11-5-6-12(13(8-11)14(15)16)9-3-2-4-10(17)7-9/h2-8,14,17H,1H3. The fourth-order valence-electron chi connectivity index (χ4n) is 1.78. The van der Waals surface area contributed by atoms with Crippen molar-refractivity contribution in [3.8, 4) is 22.6 Å². The summed E-state index contributed by atoms with van der Waals surface area (Å²) in [5.41, 5.74) is 0.828. The molecule has 0 radical (unpaired) electrons. The third kappa shape index (κ3) is 2.42. The van der Waals surface area contributed by atoms with Crippen LogP contribution in [0.25, 0.3) is 11.1 Å². The first-order chi connectivity index (χ1) is 8.61. The Morgan fingerprint density at radius 3 is 2.50 bits per heavy atom. The molecule has 2 nitrogen and oxygen atoms in total. The predicted molar refractivity (Wildman–Crippen MR) is 65.1 cm³/mol. The Hall–Kier alpha value is -2.10. The minimum Gasteiger partial charge on any atom is -0.508 e. The van der Waals surface area contributed by atoms with E-state index < -0.39 is 6.43 Å². The van der Waals surface area contributed by atoms with Crippen LogP contribution in [0.4, 0.5) is 8.78 Å². The molecule has 0 atom stereocenters. The second-order valence-electron chi connectivity index (χ2n) is 3.80. The summed E-state index contributed by atoms with van der Waals surface area (Å²) >= 11 is 0. The van der Waals surface area contributed by atoms with E-state index in [4.69, 9.17) is 4.74 Å². The predicted octanol–water partition coefficient (Wildman–Crippen LogP) is 4.01. The van der Waals surface area contributed by atoms with Gasteiger partial charge in [-0.15, -0.1) is 0 Å². The highest BCUT2D eigenvalue weighted by Gasteiger charge is 2.15. The Bertz CT molecular complexity index is 553. The van der Waals surface area contributed by atoms with E-state index in [0.29, 0.717) is 16.9 Å². The van der Waals surface area contributed by atoms with Gasteiger partial charge in [0, 0.05) is 5.56 Å². The van der Waals surface area contributed by atoms with Gasteiger partial charge in [-0.2, -0.15) is 0 Å². The van der Waals surface area contributed by atoms with Crippen molar-refractivity contribution in [1.82, 2.24) is 0 Å². The molecular formula is C14H12F2O2. The van der Waals surface area contributed by atoms with E-state index in [1.54, 1.807) is 24.3 Å². The zero-order chi connectivity index (χ0) is 13.1. The molecule has 4 heteroatoms. The number of benzene rings is 2. The summed E-state index contributed by atoms with van der Waals surface area (Å²) in [6.45, 7) is 0. The van der Waals surface area contributed by atoms with Gasteiger partial charge in [-0.05, 0) is 35.4 Å². The monoisotopic (exact) mass is 250 g/mol. The highest BCUT2D eigenvalue weighted by Crippen LogP contribution is 2.34. The molecule has 0 amide bonds. The normalized spacial score (nSPS) is 10.7. The van der Waals surface area contributed by atoms with Crippen LogP contribution < -0.4 is 4.74 Å². The van der Waals surface area contributed by atoms with Crippen molar-refractivity contribution in [3.63, 3.8) is 0 Å². The molecule has 1 N–H and O–H groups in total. The lowest BCUT2D eigenvalue weighted by Crippen LogP contribution is -1.92. The lowest BCUT2D eigenvalue weighted by molar-refractivity contribution is 0.151. The lowest BCUT2D eigenvalue weighted by Gasteiger charge is -2.11. The van der Waals surface area contributed by atoms with E-state index in [1.165, 1.54) is 25.3 Å². The molecule has 18 heavy (non-hydrogen) atoms. The molecule has 0 heterocycles. The van der Waals surface area contributed by atoms with Crippen LogP contribution in [0, 0.1) is 0 Å². The summed E-state index contributed by atoms with van der Waals surface area (Å²) in [7, 11) is 1.43. The van der Waals surface area contributed by atoms with Crippen LogP contribution in [0.5, 0.6) is 11.5 Å². The first-order valence-electron chi connectivity index (χ1n) is 5.37. The molecule has 0 unspecified atom stereocenters. The molecule has 0 aliphatic heterocycles. The number of methoxy groups -OCH3 is 1. The molecule has 0 aliphatic rings. The van der Waals surface area contributed by atoms with Gasteiger partial charge in [-0.25, -0.2) is 8.78 Å². The first kappa shape index (κ1) is 12.4. The molecule has 2 aromatic rings. The van der Waals surface area contributed by atoms with Crippen LogP contribution in [0.1, 0.15) is 12.0 Å². The smallest absolute Gasteiger partial charge is 0.264 e. The Morgan fingerprint density at radius 2 is 1.89 bits per heavy atom. The van der Waals surface area contributed by atoms with Crippen molar-refractivity contribution in [3.05, 3.63) is 48.0 Å². The lowest BCUT2D eigenvalue weighted by atomic mass is 9.99. The third-order valence-corrected chi connectivity index (χ3v) is 2.65. The van der Waals surface area contributed by atoms with E-state index in [1.807, 2.05) is 0 Å². The van der Waals surface area contributed by atoms with Gasteiger partial charge in [0.1, 0.15) is 11.5 Å². The van der Waals surface area contributed by atoms with E-state index in [9.17, 15) is 13.9 Å². The van der Waals surface area contributed by atoms with Gasteiger partial charge < -0.3 is 9.84 Å². The largest absolute Gasteiger partial charge is 0.508 e.